The lowest BCUT2D eigenvalue weighted by Gasteiger charge is -2.18. The monoisotopic (exact) mass is 289 g/mol. The molecule has 0 radical (unpaired) electrons. The summed E-state index contributed by atoms with van der Waals surface area (Å²) in [6, 6.07) is 6.31. The molecule has 0 saturated heterocycles. The topological polar surface area (TPSA) is 46.6 Å². The molecule has 0 N–H and O–H groups in total. The van der Waals surface area contributed by atoms with Crippen molar-refractivity contribution in [2.24, 2.45) is 0 Å². The van der Waals surface area contributed by atoms with Gasteiger partial charge in [0, 0.05) is 7.05 Å². The zero-order valence-corrected chi connectivity index (χ0v) is 12.9. The first-order chi connectivity index (χ1) is 10.1. The van der Waals surface area contributed by atoms with E-state index in [9.17, 15) is 9.59 Å². The van der Waals surface area contributed by atoms with E-state index in [1.54, 1.807) is 14.0 Å². The number of nitrogens with zero attached hydrogens (tertiary/aromatic N) is 1. The fourth-order valence-electron chi connectivity index (χ4n) is 2.69. The third kappa shape index (κ3) is 4.31. The molecule has 0 spiro atoms. The Balaban J connectivity index is 1.94. The standard InChI is InChI=1S/C17H23NO3/c1-3-21-17(20)12-18(2)16(19)11-13-8-9-14-6-4-5-7-15(14)10-13/h8-10H,3-7,11-12H2,1-2H3. The Morgan fingerprint density at radius 1 is 1.19 bits per heavy atom. The van der Waals surface area contributed by atoms with Gasteiger partial charge in [-0.1, -0.05) is 18.2 Å². The number of hydrogen-bond donors (Lipinski definition) is 0. The Morgan fingerprint density at radius 3 is 2.62 bits per heavy atom. The number of carbonyl (C=O) groups excluding carboxylic acids is 2. The highest BCUT2D eigenvalue weighted by Gasteiger charge is 2.15. The summed E-state index contributed by atoms with van der Waals surface area (Å²) in [6.07, 6.45) is 5.08. The highest BCUT2D eigenvalue weighted by Crippen LogP contribution is 2.22. The molecule has 0 saturated carbocycles. The largest absolute Gasteiger partial charge is 0.465 e. The molecule has 0 atom stereocenters. The quantitative estimate of drug-likeness (QED) is 0.780. The first-order valence-corrected chi connectivity index (χ1v) is 7.60. The zero-order valence-electron chi connectivity index (χ0n) is 12.9. The van der Waals surface area contributed by atoms with Crippen LogP contribution in [-0.2, 0) is 33.6 Å². The summed E-state index contributed by atoms with van der Waals surface area (Å²) < 4.78 is 4.85. The first-order valence-electron chi connectivity index (χ1n) is 7.60. The molecule has 114 valence electrons. The fourth-order valence-corrected chi connectivity index (χ4v) is 2.69. The van der Waals surface area contributed by atoms with E-state index >= 15 is 0 Å². The molecule has 1 aromatic rings. The fraction of sp³-hybridized carbons (Fsp3) is 0.529. The van der Waals surface area contributed by atoms with E-state index in [0.29, 0.717) is 13.0 Å². The second-order valence-electron chi connectivity index (χ2n) is 5.54. The molecule has 0 bridgehead atoms. The van der Waals surface area contributed by atoms with Crippen LogP contribution in [0.4, 0.5) is 0 Å². The van der Waals surface area contributed by atoms with Crippen molar-refractivity contribution in [3.8, 4) is 0 Å². The van der Waals surface area contributed by atoms with Gasteiger partial charge in [-0.25, -0.2) is 0 Å². The maximum atomic E-state index is 12.1. The van der Waals surface area contributed by atoms with Gasteiger partial charge in [-0.2, -0.15) is 0 Å². The first kappa shape index (κ1) is 15.5. The molecule has 1 amide bonds. The van der Waals surface area contributed by atoms with Crippen LogP contribution in [0.5, 0.6) is 0 Å². The molecule has 1 aliphatic carbocycles. The number of fused-ring (bicyclic) bond motifs is 1. The molecular weight excluding hydrogens is 266 g/mol. The minimum atomic E-state index is -0.362. The second-order valence-corrected chi connectivity index (χ2v) is 5.54. The van der Waals surface area contributed by atoms with Crippen LogP contribution in [0.25, 0.3) is 0 Å². The highest BCUT2D eigenvalue weighted by molar-refractivity contribution is 5.83. The van der Waals surface area contributed by atoms with Crippen molar-refractivity contribution < 1.29 is 14.3 Å². The van der Waals surface area contributed by atoms with Crippen LogP contribution in [0, 0.1) is 0 Å². The molecule has 0 fully saturated rings. The molecule has 0 heterocycles. The third-order valence-corrected chi connectivity index (χ3v) is 3.87. The van der Waals surface area contributed by atoms with Crippen LogP contribution in [0.2, 0.25) is 0 Å². The van der Waals surface area contributed by atoms with Gasteiger partial charge in [0.2, 0.25) is 5.91 Å². The van der Waals surface area contributed by atoms with E-state index in [2.05, 4.69) is 12.1 Å². The molecule has 0 aliphatic heterocycles. The van der Waals surface area contributed by atoms with Crippen molar-refractivity contribution in [3.05, 3.63) is 34.9 Å². The number of esters is 1. The van der Waals surface area contributed by atoms with E-state index < -0.39 is 0 Å². The number of benzene rings is 1. The third-order valence-electron chi connectivity index (χ3n) is 3.87. The normalized spacial score (nSPS) is 13.4. The lowest BCUT2D eigenvalue weighted by Crippen LogP contribution is -2.34. The Morgan fingerprint density at radius 2 is 1.90 bits per heavy atom. The number of ether oxygens (including phenoxy) is 1. The molecule has 0 aromatic heterocycles. The number of rotatable bonds is 5. The summed E-state index contributed by atoms with van der Waals surface area (Å²) in [5, 5.41) is 0. The molecule has 21 heavy (non-hydrogen) atoms. The summed E-state index contributed by atoms with van der Waals surface area (Å²) in [7, 11) is 1.64. The predicted molar refractivity (Wildman–Crippen MR) is 81.1 cm³/mol. The lowest BCUT2D eigenvalue weighted by atomic mass is 9.90. The zero-order chi connectivity index (χ0) is 15.2. The summed E-state index contributed by atoms with van der Waals surface area (Å²) in [5.74, 6) is -0.419. The van der Waals surface area contributed by atoms with E-state index in [-0.39, 0.29) is 18.4 Å². The summed E-state index contributed by atoms with van der Waals surface area (Å²) >= 11 is 0. The van der Waals surface area contributed by atoms with Gasteiger partial charge in [0.1, 0.15) is 6.54 Å². The predicted octanol–water partition coefficient (Wildman–Crippen LogP) is 2.13. The molecule has 4 heteroatoms. The van der Waals surface area contributed by atoms with Gasteiger partial charge < -0.3 is 9.64 Å². The van der Waals surface area contributed by atoms with Gasteiger partial charge in [-0.05, 0) is 49.3 Å². The number of amides is 1. The maximum absolute atomic E-state index is 12.1. The van der Waals surface area contributed by atoms with Crippen molar-refractivity contribution in [1.82, 2.24) is 4.90 Å². The summed E-state index contributed by atoms with van der Waals surface area (Å²) in [5.41, 5.74) is 3.81. The average molecular weight is 289 g/mol. The number of aryl methyl sites for hydroxylation is 2. The van der Waals surface area contributed by atoms with E-state index in [1.807, 2.05) is 6.07 Å². The van der Waals surface area contributed by atoms with Crippen LogP contribution in [0.3, 0.4) is 0 Å². The molecule has 1 aliphatic rings. The van der Waals surface area contributed by atoms with Crippen molar-refractivity contribution in [2.45, 2.75) is 39.0 Å². The van der Waals surface area contributed by atoms with Gasteiger partial charge in [0.15, 0.2) is 0 Å². The van der Waals surface area contributed by atoms with Crippen molar-refractivity contribution in [1.29, 1.82) is 0 Å². The molecule has 2 rings (SSSR count). The summed E-state index contributed by atoms with van der Waals surface area (Å²) in [6.45, 7) is 2.11. The van der Waals surface area contributed by atoms with Crippen LogP contribution >= 0.6 is 0 Å². The van der Waals surface area contributed by atoms with Gasteiger partial charge in [0.05, 0.1) is 13.0 Å². The van der Waals surface area contributed by atoms with Gasteiger partial charge in [0.25, 0.3) is 0 Å². The van der Waals surface area contributed by atoms with Crippen molar-refractivity contribution in [2.75, 3.05) is 20.2 Å². The van der Waals surface area contributed by atoms with E-state index in [4.69, 9.17) is 4.74 Å². The SMILES string of the molecule is CCOC(=O)CN(C)C(=O)Cc1ccc2c(c1)CCCC2. The van der Waals surface area contributed by atoms with Crippen LogP contribution < -0.4 is 0 Å². The minimum absolute atomic E-state index is 0.0115. The van der Waals surface area contributed by atoms with Gasteiger partial charge >= 0.3 is 5.97 Å². The smallest absolute Gasteiger partial charge is 0.325 e. The molecular formula is C17H23NO3. The van der Waals surface area contributed by atoms with Gasteiger partial charge in [-0.15, -0.1) is 0 Å². The Kier molecular flexibility index (Phi) is 5.37. The average Bonchev–Trinajstić information content (AvgIpc) is 2.47. The Hall–Kier alpha value is -1.84. The number of likely N-dealkylation sites (N-methyl/N-ethyl adjacent to an activating group) is 1. The molecule has 0 unspecified atom stereocenters. The van der Waals surface area contributed by atoms with E-state index in [1.165, 1.54) is 28.9 Å². The van der Waals surface area contributed by atoms with Crippen LogP contribution in [0.1, 0.15) is 36.5 Å². The van der Waals surface area contributed by atoms with Crippen LogP contribution in [0.15, 0.2) is 18.2 Å². The number of hydrogen-bond acceptors (Lipinski definition) is 3. The highest BCUT2D eigenvalue weighted by atomic mass is 16.5. The van der Waals surface area contributed by atoms with E-state index in [0.717, 1.165) is 18.4 Å². The minimum Gasteiger partial charge on any atom is -0.465 e. The number of carbonyl (C=O) groups is 2. The Labute approximate surface area is 126 Å². The van der Waals surface area contributed by atoms with Gasteiger partial charge in [-0.3, -0.25) is 9.59 Å². The summed E-state index contributed by atoms with van der Waals surface area (Å²) in [4.78, 5) is 25.0. The van der Waals surface area contributed by atoms with Crippen molar-refractivity contribution in [3.63, 3.8) is 0 Å². The Bertz CT molecular complexity index is 525. The van der Waals surface area contributed by atoms with Crippen molar-refractivity contribution >= 4 is 11.9 Å². The maximum Gasteiger partial charge on any atom is 0.325 e. The molecule has 1 aromatic carbocycles. The second kappa shape index (κ2) is 7.25. The molecule has 4 nitrogen and oxygen atoms in total. The lowest BCUT2D eigenvalue weighted by molar-refractivity contribution is -0.147. The van der Waals surface area contributed by atoms with Crippen LogP contribution in [-0.4, -0.2) is 37.0 Å².